The third-order valence-corrected chi connectivity index (χ3v) is 3.94. The summed E-state index contributed by atoms with van der Waals surface area (Å²) in [6.45, 7) is 1.99. The van der Waals surface area contributed by atoms with Crippen LogP contribution in [0.4, 0.5) is 5.69 Å². The maximum atomic E-state index is 11.9. The van der Waals surface area contributed by atoms with Crippen LogP contribution in [0.2, 0.25) is 0 Å². The molecule has 0 aliphatic carbocycles. The van der Waals surface area contributed by atoms with Crippen LogP contribution in [0, 0.1) is 0 Å². The number of nitrogens with zero attached hydrogens (tertiary/aromatic N) is 1. The average molecular weight is 301 g/mol. The number of carbonyl (C=O) groups is 1. The van der Waals surface area contributed by atoms with E-state index in [-0.39, 0.29) is 5.75 Å². The van der Waals surface area contributed by atoms with E-state index in [1.165, 1.54) is 13.2 Å². The van der Waals surface area contributed by atoms with Crippen LogP contribution < -0.4 is 10.6 Å². The largest absolute Gasteiger partial charge is 0.506 e. The van der Waals surface area contributed by atoms with Crippen molar-refractivity contribution < 1.29 is 14.6 Å². The maximum Gasteiger partial charge on any atom is 0.338 e. The Morgan fingerprint density at radius 2 is 2.18 bits per heavy atom. The fraction of sp³-hybridized carbons (Fsp3) is 0.375. The Labute approximate surface area is 128 Å². The minimum atomic E-state index is -0.439. The van der Waals surface area contributed by atoms with E-state index in [9.17, 15) is 9.90 Å². The quantitative estimate of drug-likeness (QED) is 0.751. The molecule has 0 unspecified atom stereocenters. The van der Waals surface area contributed by atoms with E-state index in [1.807, 2.05) is 6.07 Å². The summed E-state index contributed by atoms with van der Waals surface area (Å²) in [5.74, 6) is -0.387. The molecule has 1 aliphatic rings. The summed E-state index contributed by atoms with van der Waals surface area (Å²) in [7, 11) is 1.34. The van der Waals surface area contributed by atoms with Crippen molar-refractivity contribution in [2.75, 3.05) is 25.5 Å². The third kappa shape index (κ3) is 2.82. The number of nitrogens with one attached hydrogen (secondary N) is 2. The fourth-order valence-electron chi connectivity index (χ4n) is 2.77. The van der Waals surface area contributed by atoms with Crippen molar-refractivity contribution in [1.29, 1.82) is 0 Å². The van der Waals surface area contributed by atoms with Crippen molar-refractivity contribution in [2.24, 2.45) is 0 Å². The van der Waals surface area contributed by atoms with E-state index < -0.39 is 5.97 Å². The first-order valence-electron chi connectivity index (χ1n) is 7.36. The van der Waals surface area contributed by atoms with E-state index in [0.29, 0.717) is 22.5 Å². The number of anilines is 1. The van der Waals surface area contributed by atoms with Crippen LogP contribution in [0.15, 0.2) is 24.4 Å². The zero-order chi connectivity index (χ0) is 15.5. The number of hydrogen-bond acceptors (Lipinski definition) is 6. The summed E-state index contributed by atoms with van der Waals surface area (Å²) in [6, 6.07) is 5.25. The van der Waals surface area contributed by atoms with Crippen molar-refractivity contribution >= 4 is 22.6 Å². The van der Waals surface area contributed by atoms with Crippen LogP contribution >= 0.6 is 0 Å². The van der Waals surface area contributed by atoms with Gasteiger partial charge in [-0.2, -0.15) is 0 Å². The molecule has 0 radical (unpaired) electrons. The van der Waals surface area contributed by atoms with Crippen LogP contribution in [-0.4, -0.2) is 42.3 Å². The lowest BCUT2D eigenvalue weighted by atomic mass is 10.0. The second kappa shape index (κ2) is 6.19. The summed E-state index contributed by atoms with van der Waals surface area (Å²) in [6.07, 6.45) is 3.77. The van der Waals surface area contributed by atoms with Crippen LogP contribution in [0.5, 0.6) is 5.75 Å². The molecule has 1 aromatic carbocycles. The Kier molecular flexibility index (Phi) is 4.11. The molecule has 116 valence electrons. The van der Waals surface area contributed by atoms with Crippen molar-refractivity contribution in [3.05, 3.63) is 30.0 Å². The molecule has 1 aromatic heterocycles. The van der Waals surface area contributed by atoms with Gasteiger partial charge in [-0.1, -0.05) is 0 Å². The molecule has 0 spiro atoms. The first-order valence-corrected chi connectivity index (χ1v) is 7.36. The smallest absolute Gasteiger partial charge is 0.338 e. The number of hydrogen-bond donors (Lipinski definition) is 3. The summed E-state index contributed by atoms with van der Waals surface area (Å²) in [5, 5.41) is 17.3. The lowest BCUT2D eigenvalue weighted by Crippen LogP contribution is -2.35. The van der Waals surface area contributed by atoms with Gasteiger partial charge in [0.2, 0.25) is 0 Å². The van der Waals surface area contributed by atoms with E-state index in [2.05, 4.69) is 15.6 Å². The monoisotopic (exact) mass is 301 g/mol. The van der Waals surface area contributed by atoms with Crippen molar-refractivity contribution in [2.45, 2.75) is 18.9 Å². The van der Waals surface area contributed by atoms with Crippen LogP contribution in [-0.2, 0) is 4.74 Å². The van der Waals surface area contributed by atoms with E-state index in [1.54, 1.807) is 12.3 Å². The van der Waals surface area contributed by atoms with Gasteiger partial charge in [0.25, 0.3) is 0 Å². The second-order valence-electron chi connectivity index (χ2n) is 5.41. The predicted octanol–water partition coefficient (Wildman–Crippen LogP) is 1.89. The average Bonchev–Trinajstić information content (AvgIpc) is 2.55. The molecule has 6 nitrogen and oxygen atoms in total. The van der Waals surface area contributed by atoms with Gasteiger partial charge in [0.15, 0.2) is 0 Å². The number of benzene rings is 1. The van der Waals surface area contributed by atoms with Crippen LogP contribution in [0.25, 0.3) is 10.9 Å². The topological polar surface area (TPSA) is 83.5 Å². The zero-order valence-corrected chi connectivity index (χ0v) is 12.4. The van der Waals surface area contributed by atoms with Gasteiger partial charge in [-0.3, -0.25) is 4.98 Å². The highest BCUT2D eigenvalue weighted by molar-refractivity contribution is 6.05. The van der Waals surface area contributed by atoms with Gasteiger partial charge in [-0.15, -0.1) is 0 Å². The maximum absolute atomic E-state index is 11.9. The third-order valence-electron chi connectivity index (χ3n) is 3.94. The minimum Gasteiger partial charge on any atom is -0.506 e. The number of esters is 1. The number of aromatic nitrogens is 1. The number of phenolic OH excluding ortho intramolecular Hbond substituents is 1. The summed E-state index contributed by atoms with van der Waals surface area (Å²) < 4.78 is 4.80. The molecular formula is C16H19N3O3. The molecule has 6 heteroatoms. The first kappa shape index (κ1) is 14.6. The van der Waals surface area contributed by atoms with E-state index in [0.717, 1.165) is 31.6 Å². The Morgan fingerprint density at radius 3 is 2.91 bits per heavy atom. The fourth-order valence-corrected chi connectivity index (χ4v) is 2.77. The van der Waals surface area contributed by atoms with Crippen LogP contribution in [0.3, 0.4) is 0 Å². The molecular weight excluding hydrogens is 282 g/mol. The normalized spacial score (nSPS) is 15.7. The second-order valence-corrected chi connectivity index (χ2v) is 5.41. The van der Waals surface area contributed by atoms with Gasteiger partial charge < -0.3 is 20.5 Å². The molecule has 0 saturated carbocycles. The Hall–Kier alpha value is -2.34. The van der Waals surface area contributed by atoms with Crippen molar-refractivity contribution in [1.82, 2.24) is 10.3 Å². The summed E-state index contributed by atoms with van der Waals surface area (Å²) in [5.41, 5.74) is 1.64. The molecule has 2 heterocycles. The highest BCUT2D eigenvalue weighted by Gasteiger charge is 2.16. The Bertz CT molecular complexity index is 696. The first-order chi connectivity index (χ1) is 10.7. The molecule has 1 saturated heterocycles. The minimum absolute atomic E-state index is 0.0519. The van der Waals surface area contributed by atoms with Crippen molar-refractivity contribution in [3.8, 4) is 5.75 Å². The van der Waals surface area contributed by atoms with Crippen molar-refractivity contribution in [3.63, 3.8) is 0 Å². The predicted molar refractivity (Wildman–Crippen MR) is 84.3 cm³/mol. The number of carbonyl (C=O) groups excluding carboxylic acids is 1. The molecule has 0 bridgehead atoms. The van der Waals surface area contributed by atoms with Gasteiger partial charge in [-0.05, 0) is 44.1 Å². The highest BCUT2D eigenvalue weighted by atomic mass is 16.5. The van der Waals surface area contributed by atoms with Gasteiger partial charge in [0.05, 0.1) is 24.6 Å². The summed E-state index contributed by atoms with van der Waals surface area (Å²) in [4.78, 5) is 16.2. The molecule has 3 rings (SSSR count). The van der Waals surface area contributed by atoms with Crippen LogP contribution in [0.1, 0.15) is 23.2 Å². The number of aromatic hydroxyl groups is 1. The van der Waals surface area contributed by atoms with Gasteiger partial charge in [-0.25, -0.2) is 4.79 Å². The lowest BCUT2D eigenvalue weighted by Gasteiger charge is -2.24. The molecule has 22 heavy (non-hydrogen) atoms. The molecule has 0 atom stereocenters. The number of phenols is 1. The van der Waals surface area contributed by atoms with E-state index in [4.69, 9.17) is 4.74 Å². The number of fused-ring (bicyclic) bond motifs is 1. The zero-order valence-electron chi connectivity index (χ0n) is 12.4. The van der Waals surface area contributed by atoms with Gasteiger partial charge >= 0.3 is 5.97 Å². The Balaban J connectivity index is 1.97. The van der Waals surface area contributed by atoms with E-state index >= 15 is 0 Å². The molecule has 0 amide bonds. The number of methoxy groups -OCH3 is 1. The number of piperidine rings is 1. The van der Waals surface area contributed by atoms with Gasteiger partial charge in [0, 0.05) is 11.4 Å². The SMILES string of the molecule is COC(=O)c1ccc(O)c2ncc(NC3CCNCC3)cc12. The van der Waals surface area contributed by atoms with Gasteiger partial charge in [0.1, 0.15) is 11.3 Å². The number of ether oxygens (including phenoxy) is 1. The Morgan fingerprint density at radius 1 is 1.41 bits per heavy atom. The summed E-state index contributed by atoms with van der Waals surface area (Å²) >= 11 is 0. The molecule has 1 aliphatic heterocycles. The standard InChI is InChI=1S/C16H19N3O3/c1-22-16(21)12-2-3-14(20)15-13(12)8-11(9-18-15)19-10-4-6-17-7-5-10/h2-3,8-10,17,19-20H,4-7H2,1H3. The molecule has 2 aromatic rings. The molecule has 1 fully saturated rings. The molecule has 3 N–H and O–H groups in total. The number of rotatable bonds is 3. The lowest BCUT2D eigenvalue weighted by molar-refractivity contribution is 0.0603. The highest BCUT2D eigenvalue weighted by Crippen LogP contribution is 2.29. The number of pyridine rings is 1.